The molecule has 150 valence electrons. The van der Waals surface area contributed by atoms with Gasteiger partial charge in [0.1, 0.15) is 11.5 Å². The lowest BCUT2D eigenvalue weighted by Crippen LogP contribution is -2.47. The maximum absolute atomic E-state index is 14.3. The van der Waals surface area contributed by atoms with Gasteiger partial charge in [0, 0.05) is 24.3 Å². The second kappa shape index (κ2) is 7.71. The summed E-state index contributed by atoms with van der Waals surface area (Å²) in [6, 6.07) is 5.50. The Morgan fingerprint density at radius 2 is 2.07 bits per heavy atom. The molecular formula is C20H25FN4O3. The number of carbonyl (C=O) groups is 2. The largest absolute Gasteiger partial charge is 0.469 e. The van der Waals surface area contributed by atoms with Gasteiger partial charge in [0.15, 0.2) is 0 Å². The minimum atomic E-state index is -0.966. The summed E-state index contributed by atoms with van der Waals surface area (Å²) in [5.74, 6) is -1.20. The normalized spacial score (nSPS) is 16.8. The number of methoxy groups -OCH3 is 1. The van der Waals surface area contributed by atoms with Crippen LogP contribution in [0.2, 0.25) is 0 Å². The molecule has 1 atom stereocenters. The standard InChI is InChI=1S/C20H25FN4O3/c1-20(2)9-17-13(10-23-25(17)16-7-5-4-6-14(16)21)11-24(12-20)19(27)15(22)8-18(26)28-3/h4-7,10,15H,8-9,11-12,22H2,1-3H3/t15-/m0/s1. The third kappa shape index (κ3) is 4.06. The topological polar surface area (TPSA) is 90.4 Å². The van der Waals surface area contributed by atoms with E-state index in [2.05, 4.69) is 9.84 Å². The Morgan fingerprint density at radius 3 is 2.75 bits per heavy atom. The molecule has 2 heterocycles. The molecule has 1 amide bonds. The fraction of sp³-hybridized carbons (Fsp3) is 0.450. The zero-order valence-corrected chi connectivity index (χ0v) is 16.3. The number of aromatic nitrogens is 2. The number of hydrogen-bond acceptors (Lipinski definition) is 5. The first-order valence-corrected chi connectivity index (χ1v) is 9.14. The third-order valence-corrected chi connectivity index (χ3v) is 4.91. The molecule has 7 nitrogen and oxygen atoms in total. The van der Waals surface area contributed by atoms with E-state index in [-0.39, 0.29) is 23.6 Å². The summed E-state index contributed by atoms with van der Waals surface area (Å²) < 4.78 is 20.5. The number of halogens is 1. The van der Waals surface area contributed by atoms with Crippen LogP contribution in [0.3, 0.4) is 0 Å². The predicted molar refractivity (Wildman–Crippen MR) is 101 cm³/mol. The number of nitrogens with zero attached hydrogens (tertiary/aromatic N) is 3. The molecule has 0 bridgehead atoms. The number of esters is 1. The van der Waals surface area contributed by atoms with Crippen molar-refractivity contribution in [3.8, 4) is 5.69 Å². The van der Waals surface area contributed by atoms with Crippen LogP contribution >= 0.6 is 0 Å². The highest BCUT2D eigenvalue weighted by molar-refractivity contribution is 5.86. The average molecular weight is 388 g/mol. The Balaban J connectivity index is 1.92. The summed E-state index contributed by atoms with van der Waals surface area (Å²) in [5, 5.41) is 4.37. The van der Waals surface area contributed by atoms with Gasteiger partial charge in [-0.25, -0.2) is 9.07 Å². The molecule has 0 saturated carbocycles. The van der Waals surface area contributed by atoms with Crippen LogP contribution in [0.25, 0.3) is 5.69 Å². The van der Waals surface area contributed by atoms with E-state index in [1.807, 2.05) is 13.8 Å². The SMILES string of the molecule is COC(=O)C[C@H](N)C(=O)N1Cc2cnn(-c3ccccc3F)c2CC(C)(C)C1. The van der Waals surface area contributed by atoms with Crippen molar-refractivity contribution in [1.82, 2.24) is 14.7 Å². The van der Waals surface area contributed by atoms with Gasteiger partial charge in [0.25, 0.3) is 0 Å². The molecule has 1 aliphatic rings. The number of carbonyl (C=O) groups excluding carboxylic acids is 2. The molecule has 28 heavy (non-hydrogen) atoms. The summed E-state index contributed by atoms with van der Waals surface area (Å²) in [7, 11) is 1.26. The number of nitrogens with two attached hydrogens (primary N) is 1. The van der Waals surface area contributed by atoms with Crippen LogP contribution in [-0.2, 0) is 27.3 Å². The van der Waals surface area contributed by atoms with Gasteiger partial charge in [-0.15, -0.1) is 0 Å². The molecule has 0 radical (unpaired) electrons. The molecule has 8 heteroatoms. The molecule has 3 rings (SSSR count). The average Bonchev–Trinajstić information content (AvgIpc) is 2.95. The van der Waals surface area contributed by atoms with Crippen LogP contribution in [0, 0.1) is 11.2 Å². The Hall–Kier alpha value is -2.74. The van der Waals surface area contributed by atoms with E-state index < -0.39 is 12.0 Å². The smallest absolute Gasteiger partial charge is 0.307 e. The van der Waals surface area contributed by atoms with Gasteiger partial charge in [-0.2, -0.15) is 5.10 Å². The van der Waals surface area contributed by atoms with Crippen LogP contribution in [-0.4, -0.2) is 46.3 Å². The fourth-order valence-electron chi connectivity index (χ4n) is 3.59. The van der Waals surface area contributed by atoms with Gasteiger partial charge in [-0.3, -0.25) is 9.59 Å². The predicted octanol–water partition coefficient (Wildman–Crippen LogP) is 1.81. The third-order valence-electron chi connectivity index (χ3n) is 4.91. The first-order chi connectivity index (χ1) is 13.2. The number of para-hydroxylation sites is 1. The minimum Gasteiger partial charge on any atom is -0.469 e. The van der Waals surface area contributed by atoms with E-state index >= 15 is 0 Å². The van der Waals surface area contributed by atoms with Crippen LogP contribution in [0.15, 0.2) is 30.5 Å². The zero-order chi connectivity index (χ0) is 20.5. The van der Waals surface area contributed by atoms with Gasteiger partial charge in [-0.1, -0.05) is 26.0 Å². The molecule has 0 spiro atoms. The lowest BCUT2D eigenvalue weighted by molar-refractivity contribution is -0.145. The zero-order valence-electron chi connectivity index (χ0n) is 16.3. The molecule has 0 aliphatic carbocycles. The van der Waals surface area contributed by atoms with Crippen LogP contribution in [0.5, 0.6) is 0 Å². The Morgan fingerprint density at radius 1 is 1.36 bits per heavy atom. The van der Waals surface area contributed by atoms with Gasteiger partial charge in [0.05, 0.1) is 25.8 Å². The van der Waals surface area contributed by atoms with Gasteiger partial charge >= 0.3 is 5.97 Å². The second-order valence-corrected chi connectivity index (χ2v) is 7.90. The number of hydrogen-bond donors (Lipinski definition) is 1. The minimum absolute atomic E-state index is 0.173. The van der Waals surface area contributed by atoms with Crippen molar-refractivity contribution < 1.29 is 18.7 Å². The second-order valence-electron chi connectivity index (χ2n) is 7.90. The number of fused-ring (bicyclic) bond motifs is 1. The number of benzene rings is 1. The summed E-state index contributed by atoms with van der Waals surface area (Å²) in [5.41, 5.74) is 7.74. The molecule has 2 aromatic rings. The Kier molecular flexibility index (Phi) is 5.51. The van der Waals surface area contributed by atoms with E-state index in [0.29, 0.717) is 25.2 Å². The number of rotatable bonds is 4. The Labute approximate surface area is 163 Å². The first kappa shape index (κ1) is 20.0. The quantitative estimate of drug-likeness (QED) is 0.807. The van der Waals surface area contributed by atoms with E-state index in [9.17, 15) is 14.0 Å². The van der Waals surface area contributed by atoms with Crippen LogP contribution in [0.1, 0.15) is 31.5 Å². The maximum atomic E-state index is 14.3. The van der Waals surface area contributed by atoms with E-state index in [1.54, 1.807) is 34.0 Å². The van der Waals surface area contributed by atoms with E-state index in [0.717, 1.165) is 11.3 Å². The number of amides is 1. The molecule has 1 aromatic carbocycles. The molecule has 1 aromatic heterocycles. The summed E-state index contributed by atoms with van der Waals surface area (Å²) >= 11 is 0. The molecule has 0 unspecified atom stereocenters. The van der Waals surface area contributed by atoms with E-state index in [4.69, 9.17) is 5.73 Å². The summed E-state index contributed by atoms with van der Waals surface area (Å²) in [6.07, 6.45) is 2.11. The van der Waals surface area contributed by atoms with Crippen molar-refractivity contribution in [2.24, 2.45) is 11.1 Å². The lowest BCUT2D eigenvalue weighted by atomic mass is 9.87. The maximum Gasteiger partial charge on any atom is 0.307 e. The van der Waals surface area contributed by atoms with Crippen LogP contribution in [0.4, 0.5) is 4.39 Å². The molecule has 0 fully saturated rings. The lowest BCUT2D eigenvalue weighted by Gasteiger charge is -2.31. The van der Waals surface area contributed by atoms with Gasteiger partial charge < -0.3 is 15.4 Å². The highest BCUT2D eigenvalue weighted by atomic mass is 19.1. The van der Waals surface area contributed by atoms with Gasteiger partial charge in [0.2, 0.25) is 5.91 Å². The summed E-state index contributed by atoms with van der Waals surface area (Å²) in [4.78, 5) is 26.0. The van der Waals surface area contributed by atoms with Crippen molar-refractivity contribution in [1.29, 1.82) is 0 Å². The highest BCUT2D eigenvalue weighted by Crippen LogP contribution is 2.32. The van der Waals surface area contributed by atoms with E-state index in [1.165, 1.54) is 13.2 Å². The molecular weight excluding hydrogens is 363 g/mol. The van der Waals surface area contributed by atoms with Crippen LogP contribution < -0.4 is 5.73 Å². The number of ether oxygens (including phenoxy) is 1. The first-order valence-electron chi connectivity index (χ1n) is 9.14. The fourth-order valence-corrected chi connectivity index (χ4v) is 3.59. The monoisotopic (exact) mass is 388 g/mol. The molecule has 2 N–H and O–H groups in total. The van der Waals surface area contributed by atoms with Crippen molar-refractivity contribution >= 4 is 11.9 Å². The van der Waals surface area contributed by atoms with Gasteiger partial charge in [-0.05, 0) is 24.0 Å². The molecule has 0 saturated heterocycles. The molecule has 1 aliphatic heterocycles. The summed E-state index contributed by atoms with van der Waals surface area (Å²) in [6.45, 7) is 4.84. The highest BCUT2D eigenvalue weighted by Gasteiger charge is 2.35. The van der Waals surface area contributed by atoms with Crippen molar-refractivity contribution in [3.05, 3.63) is 47.5 Å². The van der Waals surface area contributed by atoms with Crippen molar-refractivity contribution in [2.45, 2.75) is 39.3 Å². The van der Waals surface area contributed by atoms with Crippen molar-refractivity contribution in [3.63, 3.8) is 0 Å². The Bertz CT molecular complexity index is 893. The van der Waals surface area contributed by atoms with Crippen molar-refractivity contribution in [2.75, 3.05) is 13.7 Å².